The van der Waals surface area contributed by atoms with Crippen LogP contribution >= 0.6 is 0 Å². The quantitative estimate of drug-likeness (QED) is 0.542. The molecule has 0 amide bonds. The van der Waals surface area contributed by atoms with Crippen LogP contribution in [0, 0.1) is 0 Å². The van der Waals surface area contributed by atoms with Crippen LogP contribution < -0.4 is 0 Å². The van der Waals surface area contributed by atoms with E-state index in [-0.39, 0.29) is 12.4 Å². The van der Waals surface area contributed by atoms with Crippen molar-refractivity contribution in [2.24, 2.45) is 0 Å². The molecule has 0 unspecified atom stereocenters. The van der Waals surface area contributed by atoms with E-state index in [0.29, 0.717) is 0 Å². The number of allylic oxidation sites excluding steroid dienone is 4. The Morgan fingerprint density at radius 1 is 1.29 bits per heavy atom. The molecular formula is C14H14F2O. The minimum atomic E-state index is -0.999. The zero-order chi connectivity index (χ0) is 12.7. The van der Waals surface area contributed by atoms with Gasteiger partial charge in [0.05, 0.1) is 0 Å². The molecule has 0 spiro atoms. The Bertz CT molecular complexity index is 429. The van der Waals surface area contributed by atoms with Crippen LogP contribution in [0.4, 0.5) is 8.78 Å². The van der Waals surface area contributed by atoms with Gasteiger partial charge >= 0.3 is 0 Å². The molecule has 17 heavy (non-hydrogen) atoms. The standard InChI is InChI=1S/C14H14F2O/c1-3-7-13(14(16)11(2)15)17-10-12-8-5-4-6-9-12/h3-9H,1,10H2,2H3/b13-7+,14-11-. The highest BCUT2D eigenvalue weighted by Gasteiger charge is 2.09. The highest BCUT2D eigenvalue weighted by atomic mass is 19.2. The molecule has 0 saturated heterocycles. The van der Waals surface area contributed by atoms with Crippen LogP contribution in [0.25, 0.3) is 0 Å². The van der Waals surface area contributed by atoms with Gasteiger partial charge in [0.25, 0.3) is 0 Å². The maximum absolute atomic E-state index is 13.3. The first-order chi connectivity index (χ1) is 8.15. The molecule has 0 aliphatic carbocycles. The maximum atomic E-state index is 13.3. The summed E-state index contributed by atoms with van der Waals surface area (Å²) in [5, 5.41) is 0. The fourth-order valence-corrected chi connectivity index (χ4v) is 1.20. The monoisotopic (exact) mass is 236 g/mol. The Kier molecular flexibility index (Phi) is 5.14. The Hall–Kier alpha value is -1.90. The summed E-state index contributed by atoms with van der Waals surface area (Å²) >= 11 is 0. The smallest absolute Gasteiger partial charge is 0.196 e. The molecule has 3 heteroatoms. The van der Waals surface area contributed by atoms with Gasteiger partial charge in [-0.05, 0) is 18.6 Å². The third kappa shape index (κ3) is 4.23. The van der Waals surface area contributed by atoms with E-state index in [1.807, 2.05) is 30.3 Å². The first-order valence-corrected chi connectivity index (χ1v) is 5.17. The van der Waals surface area contributed by atoms with Gasteiger partial charge in [0, 0.05) is 0 Å². The second-order valence-corrected chi connectivity index (χ2v) is 3.39. The molecule has 0 aliphatic rings. The molecule has 90 valence electrons. The van der Waals surface area contributed by atoms with Crippen LogP contribution in [-0.4, -0.2) is 0 Å². The van der Waals surface area contributed by atoms with Crippen molar-refractivity contribution in [2.45, 2.75) is 13.5 Å². The van der Waals surface area contributed by atoms with Crippen molar-refractivity contribution in [3.05, 3.63) is 72.0 Å². The number of hydrogen-bond donors (Lipinski definition) is 0. The SMILES string of the molecule is C=C/C=C(OCc1ccccc1)\C(F)=C(/C)F. The molecular weight excluding hydrogens is 222 g/mol. The number of ether oxygens (including phenoxy) is 1. The Balaban J connectivity index is 2.74. The zero-order valence-electron chi connectivity index (χ0n) is 9.62. The number of hydrogen-bond acceptors (Lipinski definition) is 1. The minimum absolute atomic E-state index is 0.149. The number of halogens is 2. The van der Waals surface area contributed by atoms with E-state index < -0.39 is 11.7 Å². The van der Waals surface area contributed by atoms with Gasteiger partial charge in [0.2, 0.25) is 0 Å². The maximum Gasteiger partial charge on any atom is 0.196 e. The lowest BCUT2D eigenvalue weighted by Crippen LogP contribution is -1.95. The van der Waals surface area contributed by atoms with Crippen molar-refractivity contribution in [1.29, 1.82) is 0 Å². The average molecular weight is 236 g/mol. The highest BCUT2D eigenvalue weighted by Crippen LogP contribution is 2.20. The molecule has 0 heterocycles. The van der Waals surface area contributed by atoms with Crippen LogP contribution in [0.1, 0.15) is 12.5 Å². The van der Waals surface area contributed by atoms with Crippen LogP contribution in [0.3, 0.4) is 0 Å². The van der Waals surface area contributed by atoms with Crippen molar-refractivity contribution < 1.29 is 13.5 Å². The molecule has 1 nitrogen and oxygen atoms in total. The fourth-order valence-electron chi connectivity index (χ4n) is 1.20. The van der Waals surface area contributed by atoms with Crippen molar-refractivity contribution in [3.63, 3.8) is 0 Å². The largest absolute Gasteiger partial charge is 0.486 e. The topological polar surface area (TPSA) is 9.23 Å². The summed E-state index contributed by atoms with van der Waals surface area (Å²) in [5.41, 5.74) is 0.881. The lowest BCUT2D eigenvalue weighted by molar-refractivity contribution is 0.193. The Labute approximate surface area is 99.7 Å². The summed E-state index contributed by atoms with van der Waals surface area (Å²) in [5.74, 6) is -2.06. The summed E-state index contributed by atoms with van der Waals surface area (Å²) in [6, 6.07) is 9.26. The third-order valence-electron chi connectivity index (χ3n) is 2.03. The first-order valence-electron chi connectivity index (χ1n) is 5.17. The zero-order valence-corrected chi connectivity index (χ0v) is 9.62. The summed E-state index contributed by atoms with van der Waals surface area (Å²) in [4.78, 5) is 0. The molecule has 1 rings (SSSR count). The van der Waals surface area contributed by atoms with E-state index in [9.17, 15) is 8.78 Å². The van der Waals surface area contributed by atoms with Gasteiger partial charge in [0.15, 0.2) is 11.6 Å². The predicted molar refractivity (Wildman–Crippen MR) is 64.4 cm³/mol. The van der Waals surface area contributed by atoms with E-state index in [4.69, 9.17) is 4.74 Å². The fraction of sp³-hybridized carbons (Fsp3) is 0.143. The normalized spacial score (nSPS) is 13.0. The molecule has 0 radical (unpaired) electrons. The average Bonchev–Trinajstić information content (AvgIpc) is 2.34. The molecule has 0 aromatic heterocycles. The predicted octanol–water partition coefficient (Wildman–Crippen LogP) is 4.44. The van der Waals surface area contributed by atoms with E-state index in [2.05, 4.69) is 6.58 Å². The van der Waals surface area contributed by atoms with Gasteiger partial charge in [-0.2, -0.15) is 0 Å². The second-order valence-electron chi connectivity index (χ2n) is 3.39. The summed E-state index contributed by atoms with van der Waals surface area (Å²) < 4.78 is 31.3. The van der Waals surface area contributed by atoms with E-state index in [1.165, 1.54) is 12.2 Å². The van der Waals surface area contributed by atoms with Crippen molar-refractivity contribution in [3.8, 4) is 0 Å². The van der Waals surface area contributed by atoms with Crippen LogP contribution in [0.5, 0.6) is 0 Å². The van der Waals surface area contributed by atoms with Gasteiger partial charge in [-0.3, -0.25) is 0 Å². The molecule has 0 saturated carbocycles. The Morgan fingerprint density at radius 2 is 1.94 bits per heavy atom. The molecule has 0 N–H and O–H groups in total. The first kappa shape index (κ1) is 13.2. The van der Waals surface area contributed by atoms with Gasteiger partial charge in [-0.25, -0.2) is 8.78 Å². The van der Waals surface area contributed by atoms with Crippen LogP contribution in [0.15, 0.2) is 66.5 Å². The lowest BCUT2D eigenvalue weighted by Gasteiger charge is -2.08. The van der Waals surface area contributed by atoms with E-state index >= 15 is 0 Å². The van der Waals surface area contributed by atoms with E-state index in [0.717, 1.165) is 12.5 Å². The van der Waals surface area contributed by atoms with Gasteiger partial charge < -0.3 is 4.74 Å². The molecule has 1 aromatic rings. The van der Waals surface area contributed by atoms with Crippen LogP contribution in [-0.2, 0) is 11.3 Å². The highest BCUT2D eigenvalue weighted by molar-refractivity contribution is 5.25. The van der Waals surface area contributed by atoms with Crippen molar-refractivity contribution >= 4 is 0 Å². The number of rotatable bonds is 5. The minimum Gasteiger partial charge on any atom is -0.486 e. The van der Waals surface area contributed by atoms with Gasteiger partial charge in [-0.15, -0.1) is 0 Å². The summed E-state index contributed by atoms with van der Waals surface area (Å²) in [6.07, 6.45) is 2.64. The van der Waals surface area contributed by atoms with Crippen LogP contribution in [0.2, 0.25) is 0 Å². The third-order valence-corrected chi connectivity index (χ3v) is 2.03. The molecule has 0 aliphatic heterocycles. The van der Waals surface area contributed by atoms with Gasteiger partial charge in [0.1, 0.15) is 12.4 Å². The summed E-state index contributed by atoms with van der Waals surface area (Å²) in [6.45, 7) is 4.65. The number of benzene rings is 1. The van der Waals surface area contributed by atoms with E-state index in [1.54, 1.807) is 0 Å². The van der Waals surface area contributed by atoms with Gasteiger partial charge in [-0.1, -0.05) is 43.0 Å². The van der Waals surface area contributed by atoms with Crippen molar-refractivity contribution in [2.75, 3.05) is 0 Å². The molecule has 0 bridgehead atoms. The van der Waals surface area contributed by atoms with Crippen molar-refractivity contribution in [1.82, 2.24) is 0 Å². The molecule has 1 aromatic carbocycles. The Morgan fingerprint density at radius 3 is 2.47 bits per heavy atom. The molecule has 0 atom stereocenters. The lowest BCUT2D eigenvalue weighted by atomic mass is 10.2. The molecule has 0 fully saturated rings. The second kappa shape index (κ2) is 6.63. The summed E-state index contributed by atoms with van der Waals surface area (Å²) in [7, 11) is 0.